The van der Waals surface area contributed by atoms with Crippen molar-refractivity contribution in [2.75, 3.05) is 5.32 Å². The van der Waals surface area contributed by atoms with Crippen molar-refractivity contribution < 1.29 is 18.4 Å². The van der Waals surface area contributed by atoms with E-state index in [-0.39, 0.29) is 23.2 Å². The van der Waals surface area contributed by atoms with Gasteiger partial charge in [0.15, 0.2) is 5.17 Å². The van der Waals surface area contributed by atoms with Gasteiger partial charge < -0.3 is 15.1 Å². The van der Waals surface area contributed by atoms with E-state index in [0.717, 1.165) is 11.8 Å². The van der Waals surface area contributed by atoms with Crippen molar-refractivity contribution in [1.82, 2.24) is 5.32 Å². The molecule has 1 aromatic heterocycles. The average Bonchev–Trinajstić information content (AvgIpc) is 3.20. The molecule has 0 bridgehead atoms. The molecule has 25 heavy (non-hydrogen) atoms. The Morgan fingerprint density at radius 1 is 1.36 bits per heavy atom. The van der Waals surface area contributed by atoms with Crippen LogP contribution in [0.1, 0.15) is 12.2 Å². The summed E-state index contributed by atoms with van der Waals surface area (Å²) in [5, 5.41) is 12.3. The SMILES string of the molecule is O=C(CC1S/C(=N/N=C\c2ccco2)NC1=O)Nc1ccccc1F. The Bertz CT molecular complexity index is 836. The molecule has 1 fully saturated rings. The number of hydrogen-bond acceptors (Lipinski definition) is 6. The molecule has 2 aromatic rings. The van der Waals surface area contributed by atoms with Gasteiger partial charge in [-0.05, 0) is 24.3 Å². The molecule has 2 amide bonds. The van der Waals surface area contributed by atoms with Gasteiger partial charge in [-0.15, -0.1) is 5.10 Å². The minimum Gasteiger partial charge on any atom is -0.463 e. The van der Waals surface area contributed by atoms with Gasteiger partial charge in [0.1, 0.15) is 16.8 Å². The minimum atomic E-state index is -0.649. The van der Waals surface area contributed by atoms with Crippen molar-refractivity contribution in [3.63, 3.8) is 0 Å². The van der Waals surface area contributed by atoms with Gasteiger partial charge in [-0.3, -0.25) is 9.59 Å². The van der Waals surface area contributed by atoms with Crippen LogP contribution in [0.2, 0.25) is 0 Å². The molecule has 2 heterocycles. The summed E-state index contributed by atoms with van der Waals surface area (Å²) in [7, 11) is 0. The molecule has 9 heteroatoms. The molecule has 7 nitrogen and oxygen atoms in total. The van der Waals surface area contributed by atoms with E-state index in [2.05, 4.69) is 20.8 Å². The lowest BCUT2D eigenvalue weighted by Crippen LogP contribution is -2.28. The summed E-state index contributed by atoms with van der Waals surface area (Å²) in [4.78, 5) is 23.9. The highest BCUT2D eigenvalue weighted by Crippen LogP contribution is 2.23. The summed E-state index contributed by atoms with van der Waals surface area (Å²) >= 11 is 1.09. The predicted molar refractivity (Wildman–Crippen MR) is 92.9 cm³/mol. The number of carbonyl (C=O) groups is 2. The maximum atomic E-state index is 13.5. The molecular formula is C16H13FN4O3S. The van der Waals surface area contributed by atoms with Crippen LogP contribution >= 0.6 is 11.8 Å². The van der Waals surface area contributed by atoms with Gasteiger partial charge in [-0.25, -0.2) is 4.39 Å². The van der Waals surface area contributed by atoms with Crippen molar-refractivity contribution in [3.05, 3.63) is 54.2 Å². The van der Waals surface area contributed by atoms with Crippen LogP contribution in [-0.4, -0.2) is 28.4 Å². The Hall–Kier alpha value is -2.94. The van der Waals surface area contributed by atoms with Gasteiger partial charge >= 0.3 is 0 Å². The van der Waals surface area contributed by atoms with E-state index in [0.29, 0.717) is 5.76 Å². The molecule has 3 rings (SSSR count). The number of anilines is 1. The first-order valence-electron chi connectivity index (χ1n) is 7.28. The van der Waals surface area contributed by atoms with Gasteiger partial charge in [-0.2, -0.15) is 5.10 Å². The number of rotatable bonds is 5. The number of thioether (sulfide) groups is 1. The van der Waals surface area contributed by atoms with E-state index >= 15 is 0 Å². The third-order valence-electron chi connectivity index (χ3n) is 3.17. The quantitative estimate of drug-likeness (QED) is 0.632. The number of benzene rings is 1. The molecule has 0 saturated carbocycles. The first-order valence-corrected chi connectivity index (χ1v) is 8.16. The molecule has 2 N–H and O–H groups in total. The molecule has 1 aliphatic rings. The van der Waals surface area contributed by atoms with Crippen molar-refractivity contribution in [3.8, 4) is 0 Å². The van der Waals surface area contributed by atoms with E-state index < -0.39 is 17.0 Å². The van der Waals surface area contributed by atoms with Crippen molar-refractivity contribution in [2.24, 2.45) is 10.2 Å². The van der Waals surface area contributed by atoms with Crippen LogP contribution in [0.4, 0.5) is 10.1 Å². The number of carbonyl (C=O) groups excluding carboxylic acids is 2. The summed E-state index contributed by atoms with van der Waals surface area (Å²) in [6.45, 7) is 0. The van der Waals surface area contributed by atoms with Crippen LogP contribution in [-0.2, 0) is 9.59 Å². The number of nitrogens with one attached hydrogen (secondary N) is 2. The third kappa shape index (κ3) is 4.54. The largest absolute Gasteiger partial charge is 0.463 e. The lowest BCUT2D eigenvalue weighted by molar-refractivity contribution is -0.122. The number of halogens is 1. The van der Waals surface area contributed by atoms with E-state index in [4.69, 9.17) is 4.42 Å². The summed E-state index contributed by atoms with van der Waals surface area (Å²) in [5.74, 6) is -0.813. The van der Waals surface area contributed by atoms with Crippen LogP contribution in [0.25, 0.3) is 0 Å². The smallest absolute Gasteiger partial charge is 0.240 e. The van der Waals surface area contributed by atoms with Gasteiger partial charge in [0.2, 0.25) is 11.8 Å². The molecular weight excluding hydrogens is 347 g/mol. The standard InChI is InChI=1S/C16H13FN4O3S/c17-11-5-1-2-6-12(11)19-14(22)8-13-15(23)20-16(25-13)21-18-9-10-4-3-7-24-10/h1-7,9,13H,8H2,(H,19,22)(H,20,21,23)/b18-9-. The van der Waals surface area contributed by atoms with Gasteiger partial charge in [0.05, 0.1) is 18.2 Å². The number of nitrogens with zero attached hydrogens (tertiary/aromatic N) is 2. The van der Waals surface area contributed by atoms with E-state index in [1.807, 2.05) is 0 Å². The van der Waals surface area contributed by atoms with Crippen LogP contribution in [0.3, 0.4) is 0 Å². The molecule has 128 valence electrons. The monoisotopic (exact) mass is 360 g/mol. The topological polar surface area (TPSA) is 96.1 Å². The zero-order chi connectivity index (χ0) is 17.6. The van der Waals surface area contributed by atoms with Gasteiger partial charge in [0.25, 0.3) is 0 Å². The first kappa shape index (κ1) is 16.9. The molecule has 1 saturated heterocycles. The highest BCUT2D eigenvalue weighted by Gasteiger charge is 2.32. The Morgan fingerprint density at radius 2 is 2.20 bits per heavy atom. The van der Waals surface area contributed by atoms with Crippen LogP contribution in [0, 0.1) is 5.82 Å². The van der Waals surface area contributed by atoms with Crippen molar-refractivity contribution in [2.45, 2.75) is 11.7 Å². The molecule has 1 atom stereocenters. The van der Waals surface area contributed by atoms with Gasteiger partial charge in [0, 0.05) is 6.42 Å². The summed E-state index contributed by atoms with van der Waals surface area (Å²) in [6, 6.07) is 9.25. The van der Waals surface area contributed by atoms with Crippen molar-refractivity contribution in [1.29, 1.82) is 0 Å². The third-order valence-corrected chi connectivity index (χ3v) is 4.24. The van der Waals surface area contributed by atoms with E-state index in [9.17, 15) is 14.0 Å². The van der Waals surface area contributed by atoms with Crippen LogP contribution in [0.5, 0.6) is 0 Å². The Kier molecular flexibility index (Phi) is 5.24. The molecule has 1 unspecified atom stereocenters. The zero-order valence-electron chi connectivity index (χ0n) is 12.8. The zero-order valence-corrected chi connectivity index (χ0v) is 13.6. The number of hydrogen-bond donors (Lipinski definition) is 2. The Balaban J connectivity index is 1.55. The lowest BCUT2D eigenvalue weighted by Gasteiger charge is -2.07. The normalized spacial score (nSPS) is 18.7. The first-order chi connectivity index (χ1) is 12.1. The average molecular weight is 360 g/mol. The van der Waals surface area contributed by atoms with Crippen molar-refractivity contribution >= 4 is 40.6 Å². The van der Waals surface area contributed by atoms with Crippen LogP contribution in [0.15, 0.2) is 57.3 Å². The predicted octanol–water partition coefficient (Wildman–Crippen LogP) is 2.37. The Labute approximate surface area is 146 Å². The molecule has 1 aromatic carbocycles. The lowest BCUT2D eigenvalue weighted by atomic mass is 10.2. The number of amides is 2. The maximum absolute atomic E-state index is 13.5. The molecule has 1 aliphatic heterocycles. The number of furan rings is 1. The number of amidine groups is 1. The fraction of sp³-hybridized carbons (Fsp3) is 0.125. The van der Waals surface area contributed by atoms with E-state index in [1.165, 1.54) is 30.7 Å². The van der Waals surface area contributed by atoms with Crippen LogP contribution < -0.4 is 10.6 Å². The molecule has 0 spiro atoms. The summed E-state index contributed by atoms with van der Waals surface area (Å²) < 4.78 is 18.6. The fourth-order valence-electron chi connectivity index (χ4n) is 2.02. The van der Waals surface area contributed by atoms with Gasteiger partial charge in [-0.1, -0.05) is 23.9 Å². The minimum absolute atomic E-state index is 0.0767. The summed E-state index contributed by atoms with van der Waals surface area (Å²) in [5.41, 5.74) is 0.0767. The molecule has 0 aliphatic carbocycles. The fourth-order valence-corrected chi connectivity index (χ4v) is 2.95. The summed E-state index contributed by atoms with van der Waals surface area (Å²) in [6.07, 6.45) is 2.80. The highest BCUT2D eigenvalue weighted by atomic mass is 32.2. The second-order valence-electron chi connectivity index (χ2n) is 4.99. The second kappa shape index (κ2) is 7.75. The molecule has 0 radical (unpaired) electrons. The second-order valence-corrected chi connectivity index (χ2v) is 6.18. The van der Waals surface area contributed by atoms with E-state index in [1.54, 1.807) is 18.2 Å². The highest BCUT2D eigenvalue weighted by molar-refractivity contribution is 8.15. The maximum Gasteiger partial charge on any atom is 0.240 e. The Morgan fingerprint density at radius 3 is 2.96 bits per heavy atom. The number of para-hydroxylation sites is 1.